The van der Waals surface area contributed by atoms with Gasteiger partial charge in [-0.25, -0.2) is 0 Å². The van der Waals surface area contributed by atoms with E-state index >= 15 is 0 Å². The molecule has 0 spiro atoms. The highest BCUT2D eigenvalue weighted by molar-refractivity contribution is 5.94. The van der Waals surface area contributed by atoms with Crippen LogP contribution in [-0.2, 0) is 17.9 Å². The number of aryl methyl sites for hydroxylation is 3. The van der Waals surface area contributed by atoms with Gasteiger partial charge in [0, 0.05) is 43.9 Å². The number of likely N-dealkylation sites (tertiary alicyclic amines) is 1. The normalized spacial score (nSPS) is 14.1. The van der Waals surface area contributed by atoms with Crippen molar-refractivity contribution in [2.45, 2.75) is 46.2 Å². The van der Waals surface area contributed by atoms with Crippen LogP contribution in [0, 0.1) is 13.8 Å². The van der Waals surface area contributed by atoms with Crippen molar-refractivity contribution in [2.75, 3.05) is 13.1 Å². The van der Waals surface area contributed by atoms with Crippen LogP contribution in [0.4, 0.5) is 0 Å². The van der Waals surface area contributed by atoms with Gasteiger partial charge in [0.15, 0.2) is 0 Å². The molecule has 0 unspecified atom stereocenters. The van der Waals surface area contributed by atoms with E-state index < -0.39 is 0 Å². The highest BCUT2D eigenvalue weighted by Gasteiger charge is 2.19. The first kappa shape index (κ1) is 18.2. The maximum Gasteiger partial charge on any atom is 0.251 e. The molecule has 0 aliphatic carbocycles. The quantitative estimate of drug-likeness (QED) is 0.777. The number of carbonyl (C=O) groups excluding carboxylic acids is 2. The second kappa shape index (κ2) is 8.17. The number of benzene rings is 1. The van der Waals surface area contributed by atoms with Gasteiger partial charge >= 0.3 is 0 Å². The second-order valence-corrected chi connectivity index (χ2v) is 6.88. The lowest BCUT2D eigenvalue weighted by Gasteiger charge is -2.15. The van der Waals surface area contributed by atoms with Gasteiger partial charge in [-0.3, -0.25) is 14.3 Å². The molecule has 2 aromatic rings. The fourth-order valence-electron chi connectivity index (χ4n) is 3.29. The zero-order valence-corrected chi connectivity index (χ0v) is 15.5. The zero-order valence-electron chi connectivity index (χ0n) is 15.5. The molecular weight excluding hydrogens is 328 g/mol. The molecule has 0 saturated carbocycles. The molecular formula is C20H26N4O2. The number of hydrogen-bond acceptors (Lipinski definition) is 3. The lowest BCUT2D eigenvalue weighted by atomic mass is 10.1. The third kappa shape index (κ3) is 4.50. The second-order valence-electron chi connectivity index (χ2n) is 6.88. The molecule has 6 nitrogen and oxygen atoms in total. The van der Waals surface area contributed by atoms with Gasteiger partial charge in [-0.05, 0) is 50.5 Å². The fourth-order valence-corrected chi connectivity index (χ4v) is 3.29. The first-order valence-electron chi connectivity index (χ1n) is 9.19. The molecule has 1 aliphatic heterocycles. The van der Waals surface area contributed by atoms with Crippen molar-refractivity contribution in [3.8, 4) is 0 Å². The van der Waals surface area contributed by atoms with E-state index in [0.717, 1.165) is 42.9 Å². The fraction of sp³-hybridized carbons (Fsp3) is 0.450. The number of rotatable bonds is 7. The molecule has 1 aromatic carbocycles. The standard InChI is InChI=1S/C20H26N4O2/c1-15-13-16(2)24(22-15)12-4-10-21-20(26)18-8-6-17(7-9-18)14-23-11-3-5-19(23)25/h6-9,13H,3-5,10-12,14H2,1-2H3,(H,21,26). The Morgan fingerprint density at radius 2 is 2.00 bits per heavy atom. The zero-order chi connectivity index (χ0) is 18.5. The third-order valence-electron chi connectivity index (χ3n) is 4.70. The van der Waals surface area contributed by atoms with Crippen molar-refractivity contribution in [1.82, 2.24) is 20.0 Å². The van der Waals surface area contributed by atoms with Crippen LogP contribution in [0.15, 0.2) is 30.3 Å². The van der Waals surface area contributed by atoms with Crippen LogP contribution in [0.5, 0.6) is 0 Å². The molecule has 1 N–H and O–H groups in total. The molecule has 6 heteroatoms. The lowest BCUT2D eigenvalue weighted by molar-refractivity contribution is -0.128. The number of carbonyl (C=O) groups is 2. The summed E-state index contributed by atoms with van der Waals surface area (Å²) in [6.45, 7) is 6.88. The van der Waals surface area contributed by atoms with E-state index in [1.54, 1.807) is 0 Å². The summed E-state index contributed by atoms with van der Waals surface area (Å²) in [4.78, 5) is 25.8. The smallest absolute Gasteiger partial charge is 0.251 e. The maximum absolute atomic E-state index is 12.2. The van der Waals surface area contributed by atoms with Crippen molar-refractivity contribution in [2.24, 2.45) is 0 Å². The van der Waals surface area contributed by atoms with Crippen LogP contribution < -0.4 is 5.32 Å². The monoisotopic (exact) mass is 354 g/mol. The van der Waals surface area contributed by atoms with Gasteiger partial charge in [0.25, 0.3) is 5.91 Å². The Morgan fingerprint density at radius 1 is 1.23 bits per heavy atom. The van der Waals surface area contributed by atoms with Crippen molar-refractivity contribution in [1.29, 1.82) is 0 Å². The van der Waals surface area contributed by atoms with E-state index in [2.05, 4.69) is 16.5 Å². The van der Waals surface area contributed by atoms with Crippen LogP contribution in [0.3, 0.4) is 0 Å². The van der Waals surface area contributed by atoms with Crippen LogP contribution >= 0.6 is 0 Å². The van der Waals surface area contributed by atoms with E-state index in [0.29, 0.717) is 25.1 Å². The molecule has 1 saturated heterocycles. The van der Waals surface area contributed by atoms with Gasteiger partial charge in [0.1, 0.15) is 0 Å². The largest absolute Gasteiger partial charge is 0.352 e. The van der Waals surface area contributed by atoms with Crippen LogP contribution in [0.25, 0.3) is 0 Å². The molecule has 3 rings (SSSR count). The molecule has 2 amide bonds. The Hall–Kier alpha value is -2.63. The van der Waals surface area contributed by atoms with Gasteiger partial charge in [-0.15, -0.1) is 0 Å². The van der Waals surface area contributed by atoms with E-state index in [1.807, 2.05) is 47.7 Å². The number of nitrogens with one attached hydrogen (secondary N) is 1. The van der Waals surface area contributed by atoms with Gasteiger partial charge in [0.05, 0.1) is 5.69 Å². The average Bonchev–Trinajstić information content (AvgIpc) is 3.17. The summed E-state index contributed by atoms with van der Waals surface area (Å²) in [7, 11) is 0. The molecule has 0 atom stereocenters. The van der Waals surface area contributed by atoms with Gasteiger partial charge in [-0.1, -0.05) is 12.1 Å². The molecule has 2 heterocycles. The predicted octanol–water partition coefficient (Wildman–Crippen LogP) is 2.44. The summed E-state index contributed by atoms with van der Waals surface area (Å²) in [5.74, 6) is 0.150. The van der Waals surface area contributed by atoms with Gasteiger partial charge in [-0.2, -0.15) is 5.10 Å². The van der Waals surface area contributed by atoms with E-state index in [4.69, 9.17) is 0 Å². The predicted molar refractivity (Wildman–Crippen MR) is 99.7 cm³/mol. The van der Waals surface area contributed by atoms with Crippen LogP contribution in [0.2, 0.25) is 0 Å². The highest BCUT2D eigenvalue weighted by atomic mass is 16.2. The molecule has 1 aromatic heterocycles. The number of amides is 2. The van der Waals surface area contributed by atoms with Gasteiger partial charge < -0.3 is 10.2 Å². The minimum atomic E-state index is -0.0674. The van der Waals surface area contributed by atoms with Crippen molar-refractivity contribution >= 4 is 11.8 Å². The summed E-state index contributed by atoms with van der Waals surface area (Å²) in [5, 5.41) is 7.37. The van der Waals surface area contributed by atoms with E-state index in [9.17, 15) is 9.59 Å². The summed E-state index contributed by atoms with van der Waals surface area (Å²) in [5.41, 5.74) is 3.86. The topological polar surface area (TPSA) is 67.2 Å². The average molecular weight is 354 g/mol. The van der Waals surface area contributed by atoms with Crippen LogP contribution in [0.1, 0.15) is 46.6 Å². The summed E-state index contributed by atoms with van der Waals surface area (Å²) in [6, 6.07) is 9.56. The minimum Gasteiger partial charge on any atom is -0.352 e. The number of aromatic nitrogens is 2. The van der Waals surface area contributed by atoms with Crippen LogP contribution in [-0.4, -0.2) is 39.6 Å². The van der Waals surface area contributed by atoms with Crippen molar-refractivity contribution in [3.63, 3.8) is 0 Å². The minimum absolute atomic E-state index is 0.0674. The molecule has 0 bridgehead atoms. The summed E-state index contributed by atoms with van der Waals surface area (Å²) in [6.07, 6.45) is 2.43. The third-order valence-corrected chi connectivity index (χ3v) is 4.70. The lowest BCUT2D eigenvalue weighted by Crippen LogP contribution is -2.26. The van der Waals surface area contributed by atoms with Crippen molar-refractivity contribution in [3.05, 3.63) is 52.8 Å². The molecule has 138 valence electrons. The number of hydrogen-bond donors (Lipinski definition) is 1. The Labute approximate surface area is 154 Å². The molecule has 0 radical (unpaired) electrons. The summed E-state index contributed by atoms with van der Waals surface area (Å²) < 4.78 is 1.97. The Morgan fingerprint density at radius 3 is 2.62 bits per heavy atom. The Balaban J connectivity index is 1.44. The number of nitrogens with zero attached hydrogens (tertiary/aromatic N) is 3. The highest BCUT2D eigenvalue weighted by Crippen LogP contribution is 2.14. The first-order chi connectivity index (χ1) is 12.5. The van der Waals surface area contributed by atoms with E-state index in [-0.39, 0.29) is 11.8 Å². The van der Waals surface area contributed by atoms with Gasteiger partial charge in [0.2, 0.25) is 5.91 Å². The molecule has 1 fully saturated rings. The maximum atomic E-state index is 12.2. The molecule has 1 aliphatic rings. The first-order valence-corrected chi connectivity index (χ1v) is 9.19. The SMILES string of the molecule is Cc1cc(C)n(CCCNC(=O)c2ccc(CN3CCCC3=O)cc2)n1. The summed E-state index contributed by atoms with van der Waals surface area (Å²) >= 11 is 0. The Kier molecular flexibility index (Phi) is 5.71. The molecule has 26 heavy (non-hydrogen) atoms. The van der Waals surface area contributed by atoms with Crippen molar-refractivity contribution < 1.29 is 9.59 Å². The Bertz CT molecular complexity index is 780. The van der Waals surface area contributed by atoms with E-state index in [1.165, 1.54) is 0 Å².